The van der Waals surface area contributed by atoms with Crippen molar-refractivity contribution in [2.24, 2.45) is 11.1 Å². The number of hydrogen-bond acceptors (Lipinski definition) is 6. The summed E-state index contributed by atoms with van der Waals surface area (Å²) in [6, 6.07) is 11.9. The second kappa shape index (κ2) is 10.3. The number of aryl methyl sites for hydroxylation is 1. The van der Waals surface area contributed by atoms with E-state index in [4.69, 9.17) is 16.0 Å². The average Bonchev–Trinajstić information content (AvgIpc) is 2.73. The van der Waals surface area contributed by atoms with Gasteiger partial charge in [-0.25, -0.2) is 0 Å². The van der Waals surface area contributed by atoms with Gasteiger partial charge in [-0.05, 0) is 74.1 Å². The van der Waals surface area contributed by atoms with Gasteiger partial charge in [0.1, 0.15) is 5.75 Å². The van der Waals surface area contributed by atoms with Gasteiger partial charge < -0.3 is 14.5 Å². The van der Waals surface area contributed by atoms with Crippen LogP contribution >= 0.6 is 0 Å². The number of hydrogen-bond donors (Lipinski definition) is 0. The Labute approximate surface area is 166 Å². The molecular formula is C22H26N4O2. The van der Waals surface area contributed by atoms with E-state index in [1.165, 1.54) is 0 Å². The summed E-state index contributed by atoms with van der Waals surface area (Å²) in [5.41, 5.74) is 1.89. The topological polar surface area (TPSA) is 59.8 Å². The van der Waals surface area contributed by atoms with E-state index in [1.807, 2.05) is 37.3 Å². The average molecular weight is 378 g/mol. The number of ether oxygens (including phenoxy) is 1. The second-order valence-corrected chi connectivity index (χ2v) is 6.88. The lowest BCUT2D eigenvalue weighted by Gasteiger charge is -2.32. The molecule has 1 fully saturated rings. The molecule has 0 bridgehead atoms. The summed E-state index contributed by atoms with van der Waals surface area (Å²) in [5.74, 6) is 4.90. The number of piperidine rings is 1. The zero-order valence-corrected chi connectivity index (χ0v) is 16.3. The largest absolute Gasteiger partial charge is 0.494 e. The van der Waals surface area contributed by atoms with Crippen LogP contribution < -0.4 is 9.64 Å². The molecule has 1 aliphatic rings. The van der Waals surface area contributed by atoms with Crippen LogP contribution in [0.25, 0.3) is 0 Å². The van der Waals surface area contributed by atoms with Crippen molar-refractivity contribution in [1.82, 2.24) is 10.2 Å². The van der Waals surface area contributed by atoms with Crippen molar-refractivity contribution < 1.29 is 9.57 Å². The van der Waals surface area contributed by atoms with Crippen molar-refractivity contribution in [2.45, 2.75) is 26.2 Å². The number of oxime groups is 1. The molecule has 3 rings (SSSR count). The molecule has 0 saturated carbocycles. The molecule has 0 spiro atoms. The van der Waals surface area contributed by atoms with E-state index in [9.17, 15) is 0 Å². The van der Waals surface area contributed by atoms with Gasteiger partial charge in [0.05, 0.1) is 18.5 Å². The molecule has 146 valence electrons. The Balaban J connectivity index is 1.36. The molecule has 0 amide bonds. The van der Waals surface area contributed by atoms with Crippen molar-refractivity contribution in [3.63, 3.8) is 0 Å². The summed E-state index contributed by atoms with van der Waals surface area (Å²) in [4.78, 5) is 7.20. The molecule has 6 heteroatoms. The van der Waals surface area contributed by atoms with Gasteiger partial charge in [-0.15, -0.1) is 11.5 Å². The van der Waals surface area contributed by atoms with Gasteiger partial charge in [0.2, 0.25) is 0 Å². The Hall–Kier alpha value is -3.07. The molecule has 1 saturated heterocycles. The number of rotatable bonds is 8. The number of nitrogens with zero attached hydrogens (tertiary/aromatic N) is 4. The lowest BCUT2D eigenvalue weighted by Crippen LogP contribution is -2.34. The molecule has 0 N–H and O–H groups in total. The van der Waals surface area contributed by atoms with E-state index in [0.717, 1.165) is 61.8 Å². The number of anilines is 1. The van der Waals surface area contributed by atoms with Gasteiger partial charge in [0, 0.05) is 13.1 Å². The molecule has 1 aromatic carbocycles. The molecule has 0 atom stereocenters. The molecule has 0 radical (unpaired) electrons. The van der Waals surface area contributed by atoms with E-state index in [0.29, 0.717) is 5.92 Å². The third-order valence-corrected chi connectivity index (χ3v) is 4.82. The SMILES string of the molecule is C#CCO/N=C/c1ccc(OCCC2CCN(c3ccc(C)nn3)CC2)cc1. The smallest absolute Gasteiger partial charge is 0.177 e. The second-order valence-electron chi connectivity index (χ2n) is 6.88. The van der Waals surface area contributed by atoms with Crippen LogP contribution in [0.5, 0.6) is 5.75 Å². The van der Waals surface area contributed by atoms with Crippen LogP contribution in [0.3, 0.4) is 0 Å². The Bertz CT molecular complexity index is 789. The first-order chi connectivity index (χ1) is 13.7. The molecule has 2 heterocycles. The first-order valence-electron chi connectivity index (χ1n) is 9.61. The van der Waals surface area contributed by atoms with Crippen LogP contribution in [0, 0.1) is 25.2 Å². The highest BCUT2D eigenvalue weighted by atomic mass is 16.6. The molecule has 0 unspecified atom stereocenters. The van der Waals surface area contributed by atoms with Crippen LogP contribution in [-0.2, 0) is 4.84 Å². The van der Waals surface area contributed by atoms with Gasteiger partial charge in [-0.2, -0.15) is 5.10 Å². The van der Waals surface area contributed by atoms with Crippen LogP contribution in [-0.4, -0.2) is 42.7 Å². The lowest BCUT2D eigenvalue weighted by molar-refractivity contribution is 0.181. The zero-order valence-electron chi connectivity index (χ0n) is 16.3. The molecule has 2 aromatic rings. The van der Waals surface area contributed by atoms with Crippen molar-refractivity contribution in [1.29, 1.82) is 0 Å². The lowest BCUT2D eigenvalue weighted by atomic mass is 9.94. The quantitative estimate of drug-likeness (QED) is 0.305. The summed E-state index contributed by atoms with van der Waals surface area (Å²) in [6.45, 7) is 4.92. The predicted octanol–water partition coefficient (Wildman–Crippen LogP) is 3.45. The van der Waals surface area contributed by atoms with Crippen LogP contribution in [0.2, 0.25) is 0 Å². The first-order valence-corrected chi connectivity index (χ1v) is 9.61. The maximum absolute atomic E-state index is 5.89. The Morgan fingerprint density at radius 2 is 1.96 bits per heavy atom. The zero-order chi connectivity index (χ0) is 19.6. The summed E-state index contributed by atoms with van der Waals surface area (Å²) < 4.78 is 5.89. The highest BCUT2D eigenvalue weighted by Crippen LogP contribution is 2.24. The van der Waals surface area contributed by atoms with Crippen molar-refractivity contribution in [3.05, 3.63) is 47.7 Å². The normalized spacial score (nSPS) is 14.8. The van der Waals surface area contributed by atoms with Crippen molar-refractivity contribution >= 4 is 12.0 Å². The summed E-state index contributed by atoms with van der Waals surface area (Å²) in [5, 5.41) is 12.2. The minimum atomic E-state index is 0.176. The molecule has 6 nitrogen and oxygen atoms in total. The van der Waals surface area contributed by atoms with Crippen molar-refractivity contribution in [2.75, 3.05) is 31.2 Å². The van der Waals surface area contributed by atoms with Crippen molar-refractivity contribution in [3.8, 4) is 18.1 Å². The van der Waals surface area contributed by atoms with Gasteiger partial charge in [-0.3, -0.25) is 0 Å². The Kier molecular flexibility index (Phi) is 7.25. The fraction of sp³-hybridized carbons (Fsp3) is 0.409. The van der Waals surface area contributed by atoms with E-state index in [1.54, 1.807) is 6.21 Å². The monoisotopic (exact) mass is 378 g/mol. The first kappa shape index (κ1) is 19.7. The number of aromatic nitrogens is 2. The van der Waals surface area contributed by atoms with E-state index in [2.05, 4.69) is 32.2 Å². The fourth-order valence-corrected chi connectivity index (χ4v) is 3.18. The maximum Gasteiger partial charge on any atom is 0.177 e. The highest BCUT2D eigenvalue weighted by Gasteiger charge is 2.20. The maximum atomic E-state index is 5.89. The van der Waals surface area contributed by atoms with Gasteiger partial charge in [-0.1, -0.05) is 11.1 Å². The van der Waals surface area contributed by atoms with E-state index in [-0.39, 0.29) is 6.61 Å². The Morgan fingerprint density at radius 3 is 2.64 bits per heavy atom. The van der Waals surface area contributed by atoms with Gasteiger partial charge in [0.15, 0.2) is 12.4 Å². The highest BCUT2D eigenvalue weighted by molar-refractivity contribution is 5.79. The van der Waals surface area contributed by atoms with Gasteiger partial charge in [0.25, 0.3) is 0 Å². The number of benzene rings is 1. The Morgan fingerprint density at radius 1 is 1.18 bits per heavy atom. The minimum absolute atomic E-state index is 0.176. The molecule has 0 aliphatic carbocycles. The van der Waals surface area contributed by atoms with Crippen LogP contribution in [0.1, 0.15) is 30.5 Å². The van der Waals surface area contributed by atoms with Crippen LogP contribution in [0.4, 0.5) is 5.82 Å². The fourth-order valence-electron chi connectivity index (χ4n) is 3.18. The third kappa shape index (κ3) is 5.98. The molecule has 1 aromatic heterocycles. The van der Waals surface area contributed by atoms with Crippen LogP contribution in [0.15, 0.2) is 41.6 Å². The minimum Gasteiger partial charge on any atom is -0.494 e. The molecule has 28 heavy (non-hydrogen) atoms. The molecule has 1 aliphatic heterocycles. The summed E-state index contributed by atoms with van der Waals surface area (Å²) in [7, 11) is 0. The number of terminal acetylenes is 1. The standard InChI is InChI=1S/C22H26N4O2/c1-3-15-28-23-17-20-5-7-21(8-6-20)27-16-12-19-10-13-26(14-11-19)22-9-4-18(2)24-25-22/h1,4-9,17,19H,10-16H2,2H3/b23-17+. The third-order valence-electron chi connectivity index (χ3n) is 4.82. The summed E-state index contributed by atoms with van der Waals surface area (Å²) >= 11 is 0. The predicted molar refractivity (Wildman–Crippen MR) is 111 cm³/mol. The molecular weight excluding hydrogens is 352 g/mol. The van der Waals surface area contributed by atoms with Gasteiger partial charge >= 0.3 is 0 Å². The van der Waals surface area contributed by atoms with E-state index >= 15 is 0 Å². The summed E-state index contributed by atoms with van der Waals surface area (Å²) in [6.07, 6.45) is 10.1. The van der Waals surface area contributed by atoms with E-state index < -0.39 is 0 Å².